The topological polar surface area (TPSA) is 67.4 Å². The fourth-order valence-corrected chi connectivity index (χ4v) is 3.05. The van der Waals surface area contributed by atoms with Crippen LogP contribution in [0.3, 0.4) is 0 Å². The van der Waals surface area contributed by atoms with E-state index in [-0.39, 0.29) is 11.8 Å². The number of hydrogen-bond acceptors (Lipinski definition) is 3. The van der Waals surface area contributed by atoms with Crippen LogP contribution >= 0.6 is 11.6 Å². The second-order valence-corrected chi connectivity index (χ2v) is 7.24. The number of ether oxygens (including phenoxy) is 1. The summed E-state index contributed by atoms with van der Waals surface area (Å²) in [6.07, 6.45) is 0. The van der Waals surface area contributed by atoms with Crippen LogP contribution in [0.2, 0.25) is 5.02 Å². The minimum atomic E-state index is -0.333. The normalized spacial score (nSPS) is 10.4. The van der Waals surface area contributed by atoms with E-state index in [9.17, 15) is 9.59 Å². The first-order valence-corrected chi connectivity index (χ1v) is 9.98. The van der Waals surface area contributed by atoms with Gasteiger partial charge in [-0.05, 0) is 74.4 Å². The highest BCUT2D eigenvalue weighted by atomic mass is 35.5. The lowest BCUT2D eigenvalue weighted by molar-refractivity contribution is 0.101. The molecule has 3 aromatic carbocycles. The molecule has 30 heavy (non-hydrogen) atoms. The van der Waals surface area contributed by atoms with Crippen LogP contribution in [0.5, 0.6) is 5.75 Å². The Bertz CT molecular complexity index is 1100. The van der Waals surface area contributed by atoms with Crippen molar-refractivity contribution in [2.24, 2.45) is 0 Å². The Hall–Kier alpha value is -3.31. The van der Waals surface area contributed by atoms with E-state index in [1.54, 1.807) is 36.4 Å². The zero-order valence-corrected chi connectivity index (χ0v) is 17.8. The fourth-order valence-electron chi connectivity index (χ4n) is 2.89. The maximum atomic E-state index is 12.7. The van der Waals surface area contributed by atoms with Crippen LogP contribution in [0.25, 0.3) is 0 Å². The van der Waals surface area contributed by atoms with Crippen molar-refractivity contribution in [3.8, 4) is 5.75 Å². The summed E-state index contributed by atoms with van der Waals surface area (Å²) in [5.74, 6) is -0.0367. The molecule has 5 nitrogen and oxygen atoms in total. The van der Waals surface area contributed by atoms with E-state index < -0.39 is 0 Å². The molecule has 0 bridgehead atoms. The van der Waals surface area contributed by atoms with Gasteiger partial charge < -0.3 is 15.4 Å². The average molecular weight is 423 g/mol. The molecule has 3 aromatic rings. The molecular weight excluding hydrogens is 400 g/mol. The molecule has 0 aliphatic carbocycles. The van der Waals surface area contributed by atoms with E-state index in [0.717, 1.165) is 11.1 Å². The van der Waals surface area contributed by atoms with Crippen LogP contribution < -0.4 is 15.4 Å². The van der Waals surface area contributed by atoms with Crippen molar-refractivity contribution >= 4 is 34.8 Å². The standard InChI is InChI=1S/C24H23ClN2O3/c1-4-30-22-8-6-5-7-20(22)26-24(29)18-11-12-19(25)21(14-18)27-23(28)17-10-9-15(2)16(3)13-17/h5-14H,4H2,1-3H3,(H,26,29)(H,27,28). The van der Waals surface area contributed by atoms with Gasteiger partial charge in [-0.1, -0.05) is 29.8 Å². The van der Waals surface area contributed by atoms with Crippen LogP contribution in [-0.2, 0) is 0 Å². The van der Waals surface area contributed by atoms with Crippen molar-refractivity contribution in [2.45, 2.75) is 20.8 Å². The number of nitrogens with one attached hydrogen (secondary N) is 2. The third-order valence-electron chi connectivity index (χ3n) is 4.68. The van der Waals surface area contributed by atoms with E-state index in [2.05, 4.69) is 10.6 Å². The summed E-state index contributed by atoms with van der Waals surface area (Å²) in [4.78, 5) is 25.4. The third-order valence-corrected chi connectivity index (χ3v) is 5.01. The molecule has 0 unspecified atom stereocenters. The first-order chi connectivity index (χ1) is 14.4. The van der Waals surface area contributed by atoms with Crippen molar-refractivity contribution in [3.05, 3.63) is 87.9 Å². The zero-order chi connectivity index (χ0) is 21.7. The number of para-hydroxylation sites is 2. The highest BCUT2D eigenvalue weighted by molar-refractivity contribution is 6.34. The number of hydrogen-bond donors (Lipinski definition) is 2. The monoisotopic (exact) mass is 422 g/mol. The number of carbonyl (C=O) groups excluding carboxylic acids is 2. The maximum Gasteiger partial charge on any atom is 0.255 e. The Kier molecular flexibility index (Phi) is 6.75. The number of carbonyl (C=O) groups is 2. The van der Waals surface area contributed by atoms with Crippen LogP contribution in [0.15, 0.2) is 60.7 Å². The average Bonchev–Trinajstić information content (AvgIpc) is 2.73. The van der Waals surface area contributed by atoms with Crippen molar-refractivity contribution in [3.63, 3.8) is 0 Å². The van der Waals surface area contributed by atoms with E-state index in [1.165, 1.54) is 0 Å². The van der Waals surface area contributed by atoms with Crippen LogP contribution in [0.4, 0.5) is 11.4 Å². The summed E-state index contributed by atoms with van der Waals surface area (Å²) >= 11 is 6.25. The summed E-state index contributed by atoms with van der Waals surface area (Å²) in [5, 5.41) is 5.97. The predicted molar refractivity (Wildman–Crippen MR) is 121 cm³/mol. The molecule has 0 radical (unpaired) electrons. The van der Waals surface area contributed by atoms with Gasteiger partial charge in [0.2, 0.25) is 0 Å². The predicted octanol–water partition coefficient (Wildman–Crippen LogP) is 5.86. The molecule has 154 valence electrons. The quantitative estimate of drug-likeness (QED) is 0.522. The summed E-state index contributed by atoms with van der Waals surface area (Å²) in [5.41, 5.74) is 3.95. The van der Waals surface area contributed by atoms with Gasteiger partial charge in [0.05, 0.1) is 23.0 Å². The summed E-state index contributed by atoms with van der Waals surface area (Å²) in [6.45, 7) is 6.30. The zero-order valence-electron chi connectivity index (χ0n) is 17.1. The van der Waals surface area contributed by atoms with E-state index >= 15 is 0 Å². The van der Waals surface area contributed by atoms with E-state index in [4.69, 9.17) is 16.3 Å². The minimum Gasteiger partial charge on any atom is -0.492 e. The Labute approximate surface area is 181 Å². The van der Waals surface area contributed by atoms with Gasteiger partial charge in [0.1, 0.15) is 5.75 Å². The first-order valence-electron chi connectivity index (χ1n) is 9.60. The van der Waals surface area contributed by atoms with Gasteiger partial charge in [-0.15, -0.1) is 0 Å². The lowest BCUT2D eigenvalue weighted by atomic mass is 10.1. The van der Waals surface area contributed by atoms with Crippen molar-refractivity contribution in [1.29, 1.82) is 0 Å². The molecule has 2 N–H and O–H groups in total. The van der Waals surface area contributed by atoms with Crippen molar-refractivity contribution < 1.29 is 14.3 Å². The molecule has 0 aliphatic rings. The van der Waals surface area contributed by atoms with E-state index in [0.29, 0.717) is 39.9 Å². The van der Waals surface area contributed by atoms with Gasteiger partial charge in [-0.25, -0.2) is 0 Å². The maximum absolute atomic E-state index is 12.7. The molecular formula is C24H23ClN2O3. The van der Waals surface area contributed by atoms with Crippen LogP contribution in [0, 0.1) is 13.8 Å². The third kappa shape index (κ3) is 4.99. The number of benzene rings is 3. The Balaban J connectivity index is 1.80. The molecule has 0 heterocycles. The number of halogens is 1. The lowest BCUT2D eigenvalue weighted by Crippen LogP contribution is -2.15. The molecule has 2 amide bonds. The van der Waals surface area contributed by atoms with Gasteiger partial charge in [-0.2, -0.15) is 0 Å². The molecule has 0 fully saturated rings. The Morgan fingerprint density at radius 3 is 2.17 bits per heavy atom. The highest BCUT2D eigenvalue weighted by Crippen LogP contribution is 2.27. The molecule has 0 atom stereocenters. The molecule has 3 rings (SSSR count). The number of amides is 2. The van der Waals surface area contributed by atoms with Crippen molar-refractivity contribution in [2.75, 3.05) is 17.2 Å². The van der Waals surface area contributed by atoms with E-state index in [1.807, 2.05) is 45.0 Å². The largest absolute Gasteiger partial charge is 0.492 e. The van der Waals surface area contributed by atoms with Gasteiger partial charge in [0, 0.05) is 11.1 Å². The number of aryl methyl sites for hydroxylation is 2. The molecule has 0 spiro atoms. The summed E-state index contributed by atoms with van der Waals surface area (Å²) in [6, 6.07) is 17.4. The Morgan fingerprint density at radius 2 is 1.47 bits per heavy atom. The van der Waals surface area contributed by atoms with Gasteiger partial charge in [0.15, 0.2) is 0 Å². The Morgan fingerprint density at radius 1 is 0.833 bits per heavy atom. The highest BCUT2D eigenvalue weighted by Gasteiger charge is 2.14. The minimum absolute atomic E-state index is 0.292. The summed E-state index contributed by atoms with van der Waals surface area (Å²) in [7, 11) is 0. The molecule has 0 saturated heterocycles. The molecule has 0 aliphatic heterocycles. The molecule has 6 heteroatoms. The van der Waals surface area contributed by atoms with Gasteiger partial charge in [0.25, 0.3) is 11.8 Å². The van der Waals surface area contributed by atoms with Crippen molar-refractivity contribution in [1.82, 2.24) is 0 Å². The van der Waals surface area contributed by atoms with Crippen LogP contribution in [0.1, 0.15) is 38.8 Å². The summed E-state index contributed by atoms with van der Waals surface area (Å²) < 4.78 is 5.54. The molecule has 0 aromatic heterocycles. The fraction of sp³-hybridized carbons (Fsp3) is 0.167. The van der Waals surface area contributed by atoms with Gasteiger partial charge in [-0.3, -0.25) is 9.59 Å². The van der Waals surface area contributed by atoms with Gasteiger partial charge >= 0.3 is 0 Å². The SMILES string of the molecule is CCOc1ccccc1NC(=O)c1ccc(Cl)c(NC(=O)c2ccc(C)c(C)c2)c1. The molecule has 0 saturated carbocycles. The van der Waals surface area contributed by atoms with Crippen LogP contribution in [-0.4, -0.2) is 18.4 Å². The lowest BCUT2D eigenvalue weighted by Gasteiger charge is -2.13. The number of anilines is 2. The first kappa shape index (κ1) is 21.4. The second kappa shape index (κ2) is 9.46. The smallest absolute Gasteiger partial charge is 0.255 e. The number of rotatable bonds is 6. The second-order valence-electron chi connectivity index (χ2n) is 6.83.